The second kappa shape index (κ2) is 9.99. The van der Waals surface area contributed by atoms with E-state index in [0.717, 1.165) is 64.1 Å². The van der Waals surface area contributed by atoms with Gasteiger partial charge in [-0.1, -0.05) is 0 Å². The average molecular weight is 534 g/mol. The minimum absolute atomic E-state index is 0.233. The Bertz CT molecular complexity index is 1140. The van der Waals surface area contributed by atoms with Gasteiger partial charge in [0.1, 0.15) is 4.90 Å². The van der Waals surface area contributed by atoms with Crippen molar-refractivity contribution < 1.29 is 31.5 Å². The Morgan fingerprint density at radius 2 is 1.86 bits per heavy atom. The number of aliphatic carboxylic acids is 1. The van der Waals surface area contributed by atoms with E-state index in [0.29, 0.717) is 12.5 Å². The van der Waals surface area contributed by atoms with Crippen molar-refractivity contribution in [2.75, 3.05) is 37.6 Å². The molecule has 0 radical (unpaired) electrons. The molecule has 5 rings (SSSR count). The van der Waals surface area contributed by atoms with Gasteiger partial charge in [-0.15, -0.1) is 0 Å². The number of anilines is 1. The molecule has 0 atom stereocenters. The van der Waals surface area contributed by atoms with Crippen molar-refractivity contribution in [3.8, 4) is 0 Å². The van der Waals surface area contributed by atoms with Crippen LogP contribution in [0.1, 0.15) is 36.9 Å². The zero-order valence-electron chi connectivity index (χ0n) is 18.8. The number of carboxylic acid groups (broad SMARTS) is 1. The SMILES string of the molecule is O=C(O)C(F)(F)F.O=S1(=O)NCC2(CCN(Cc3ccsc3)CC2)c2nc(N3CCCC3)ncc21. The normalized spacial score (nSPS) is 21.3. The van der Waals surface area contributed by atoms with Crippen LogP contribution in [0.5, 0.6) is 0 Å². The molecule has 2 aromatic rings. The number of carbonyl (C=O) groups is 1. The third-order valence-corrected chi connectivity index (χ3v) is 8.70. The Morgan fingerprint density at radius 3 is 2.43 bits per heavy atom. The van der Waals surface area contributed by atoms with Gasteiger partial charge in [0.2, 0.25) is 16.0 Å². The van der Waals surface area contributed by atoms with Crippen LogP contribution in [0.4, 0.5) is 19.1 Å². The lowest BCUT2D eigenvalue weighted by Crippen LogP contribution is -2.53. The number of piperidine rings is 1. The number of thiophene rings is 1. The average Bonchev–Trinajstić information content (AvgIpc) is 3.52. The third-order valence-electron chi connectivity index (χ3n) is 6.57. The van der Waals surface area contributed by atoms with E-state index in [2.05, 4.69) is 36.3 Å². The first-order chi connectivity index (χ1) is 16.5. The molecule has 1 spiro atoms. The van der Waals surface area contributed by atoms with E-state index in [-0.39, 0.29) is 10.3 Å². The van der Waals surface area contributed by atoms with Gasteiger partial charge in [0.15, 0.2) is 0 Å². The van der Waals surface area contributed by atoms with Gasteiger partial charge in [0.25, 0.3) is 0 Å². The molecule has 0 amide bonds. The molecule has 0 aromatic carbocycles. The van der Waals surface area contributed by atoms with Crippen LogP contribution in [0.3, 0.4) is 0 Å². The monoisotopic (exact) mass is 533 g/mol. The zero-order valence-corrected chi connectivity index (χ0v) is 20.4. The summed E-state index contributed by atoms with van der Waals surface area (Å²) in [7, 11) is -3.52. The van der Waals surface area contributed by atoms with Crippen molar-refractivity contribution in [2.45, 2.75) is 48.7 Å². The lowest BCUT2D eigenvalue weighted by molar-refractivity contribution is -0.192. The molecule has 35 heavy (non-hydrogen) atoms. The maximum absolute atomic E-state index is 12.6. The van der Waals surface area contributed by atoms with E-state index < -0.39 is 22.2 Å². The number of carboxylic acids is 1. The van der Waals surface area contributed by atoms with Crippen molar-refractivity contribution >= 4 is 33.3 Å². The van der Waals surface area contributed by atoms with Gasteiger partial charge in [-0.05, 0) is 61.2 Å². The lowest BCUT2D eigenvalue weighted by Gasteiger charge is -2.44. The fraction of sp³-hybridized carbons (Fsp3) is 0.571. The summed E-state index contributed by atoms with van der Waals surface area (Å²) in [5, 5.41) is 11.4. The Kier molecular flexibility index (Phi) is 7.36. The molecule has 0 aliphatic carbocycles. The molecule has 192 valence electrons. The number of sulfonamides is 1. The minimum atomic E-state index is -5.08. The van der Waals surface area contributed by atoms with Gasteiger partial charge in [-0.2, -0.15) is 24.5 Å². The predicted molar refractivity (Wildman–Crippen MR) is 123 cm³/mol. The molecular weight excluding hydrogens is 507 g/mol. The highest BCUT2D eigenvalue weighted by molar-refractivity contribution is 7.89. The molecule has 3 aliphatic rings. The molecule has 0 saturated carbocycles. The largest absolute Gasteiger partial charge is 0.490 e. The number of rotatable bonds is 3. The second-order valence-electron chi connectivity index (χ2n) is 8.89. The fourth-order valence-corrected chi connectivity index (χ4v) is 6.59. The van der Waals surface area contributed by atoms with Crippen LogP contribution in [0.2, 0.25) is 0 Å². The fourth-order valence-electron chi connectivity index (χ4n) is 4.60. The van der Waals surface area contributed by atoms with Gasteiger partial charge in [0, 0.05) is 31.6 Å². The van der Waals surface area contributed by atoms with E-state index >= 15 is 0 Å². The smallest absolute Gasteiger partial charge is 0.475 e. The standard InChI is InChI=1S/C19H25N5O2S2.C2HF3O2/c25-28(26)16-11-20-18(24-6-1-2-7-24)22-17(16)19(14-21-28)4-8-23(9-5-19)12-15-3-10-27-13-15;3-2(4,5)1(6)7/h3,10-11,13,21H,1-2,4-9,12,14H2;(H,6,7). The van der Waals surface area contributed by atoms with Gasteiger partial charge in [0.05, 0.1) is 11.9 Å². The van der Waals surface area contributed by atoms with E-state index in [4.69, 9.17) is 14.9 Å². The summed E-state index contributed by atoms with van der Waals surface area (Å²) in [5.74, 6) is -2.07. The van der Waals surface area contributed by atoms with Crippen molar-refractivity contribution in [1.82, 2.24) is 19.6 Å². The molecule has 2 N–H and O–H groups in total. The van der Waals surface area contributed by atoms with Crippen molar-refractivity contribution in [3.05, 3.63) is 34.3 Å². The van der Waals surface area contributed by atoms with E-state index in [1.54, 1.807) is 11.3 Å². The van der Waals surface area contributed by atoms with Gasteiger partial charge in [-0.3, -0.25) is 4.90 Å². The summed E-state index contributed by atoms with van der Waals surface area (Å²) in [5.41, 5.74) is 1.85. The van der Waals surface area contributed by atoms with Gasteiger partial charge >= 0.3 is 12.1 Å². The number of hydrogen-bond acceptors (Lipinski definition) is 8. The van der Waals surface area contributed by atoms with E-state index in [9.17, 15) is 21.6 Å². The first-order valence-corrected chi connectivity index (χ1v) is 13.6. The maximum Gasteiger partial charge on any atom is 0.490 e. The maximum atomic E-state index is 12.6. The van der Waals surface area contributed by atoms with Crippen LogP contribution in [0, 0.1) is 0 Å². The molecule has 2 aromatic heterocycles. The predicted octanol–water partition coefficient (Wildman–Crippen LogP) is 2.60. The topological polar surface area (TPSA) is 116 Å². The van der Waals surface area contributed by atoms with Crippen LogP contribution in [-0.2, 0) is 26.8 Å². The highest BCUT2D eigenvalue weighted by Gasteiger charge is 2.46. The summed E-state index contributed by atoms with van der Waals surface area (Å²) in [6.07, 6.45) is 0.537. The number of likely N-dealkylation sites (tertiary alicyclic amines) is 1. The summed E-state index contributed by atoms with van der Waals surface area (Å²) in [4.78, 5) is 23.0. The zero-order chi connectivity index (χ0) is 25.3. The summed E-state index contributed by atoms with van der Waals surface area (Å²) in [6, 6.07) is 2.18. The van der Waals surface area contributed by atoms with Crippen molar-refractivity contribution in [3.63, 3.8) is 0 Å². The molecule has 9 nitrogen and oxygen atoms in total. The number of hydrogen-bond donors (Lipinski definition) is 2. The Morgan fingerprint density at radius 1 is 1.20 bits per heavy atom. The summed E-state index contributed by atoms with van der Waals surface area (Å²) < 4.78 is 59.7. The number of alkyl halides is 3. The molecular formula is C21H26F3N5O4S2. The number of fused-ring (bicyclic) bond motifs is 2. The number of aromatic nitrogens is 2. The summed E-state index contributed by atoms with van der Waals surface area (Å²) in [6.45, 7) is 5.18. The Balaban J connectivity index is 0.000000364. The van der Waals surface area contributed by atoms with Crippen LogP contribution >= 0.6 is 11.3 Å². The number of halogens is 3. The molecule has 2 fully saturated rings. The summed E-state index contributed by atoms with van der Waals surface area (Å²) >= 11 is 1.73. The van der Waals surface area contributed by atoms with E-state index in [1.165, 1.54) is 11.8 Å². The number of nitrogens with zero attached hydrogens (tertiary/aromatic N) is 4. The van der Waals surface area contributed by atoms with Gasteiger partial charge in [-0.25, -0.2) is 27.9 Å². The highest BCUT2D eigenvalue weighted by atomic mass is 32.2. The Hall–Kier alpha value is -2.29. The van der Waals surface area contributed by atoms with Crippen LogP contribution in [0.25, 0.3) is 0 Å². The lowest BCUT2D eigenvalue weighted by atomic mass is 9.75. The first kappa shape index (κ1) is 25.8. The van der Waals surface area contributed by atoms with Crippen LogP contribution < -0.4 is 9.62 Å². The quantitative estimate of drug-likeness (QED) is 0.619. The highest BCUT2D eigenvalue weighted by Crippen LogP contribution is 2.41. The van der Waals surface area contributed by atoms with Crippen LogP contribution in [0.15, 0.2) is 27.9 Å². The molecule has 2 saturated heterocycles. The van der Waals surface area contributed by atoms with Gasteiger partial charge < -0.3 is 10.0 Å². The minimum Gasteiger partial charge on any atom is -0.475 e. The molecule has 5 heterocycles. The van der Waals surface area contributed by atoms with Crippen LogP contribution in [-0.4, -0.2) is 73.3 Å². The molecule has 3 aliphatic heterocycles. The van der Waals surface area contributed by atoms with E-state index in [1.807, 2.05) is 0 Å². The second-order valence-corrected chi connectivity index (χ2v) is 11.4. The first-order valence-electron chi connectivity index (χ1n) is 11.2. The van der Waals surface area contributed by atoms with Crippen molar-refractivity contribution in [1.29, 1.82) is 0 Å². The Labute approximate surface area is 205 Å². The van der Waals surface area contributed by atoms with Crippen molar-refractivity contribution in [2.24, 2.45) is 0 Å². The molecule has 0 unspecified atom stereocenters. The third kappa shape index (κ3) is 5.76. The molecule has 14 heteroatoms. The number of nitrogens with one attached hydrogen (secondary N) is 1. The molecule has 0 bridgehead atoms.